The van der Waals surface area contributed by atoms with E-state index in [1.165, 1.54) is 23.0 Å². The highest BCUT2D eigenvalue weighted by molar-refractivity contribution is 5.73. The lowest BCUT2D eigenvalue weighted by atomic mass is 10.0. The van der Waals surface area contributed by atoms with Gasteiger partial charge in [-0.15, -0.1) is 4.99 Å². The number of imidazole rings is 1. The van der Waals surface area contributed by atoms with E-state index in [9.17, 15) is 19.1 Å². The maximum Gasteiger partial charge on any atom is 0.407 e. The number of nitrogens with zero attached hydrogens (tertiary/aromatic N) is 3. The summed E-state index contributed by atoms with van der Waals surface area (Å²) in [6, 6.07) is 11.9. The van der Waals surface area contributed by atoms with E-state index in [1.54, 1.807) is 18.3 Å². The Morgan fingerprint density at radius 2 is 2.00 bits per heavy atom. The molecule has 0 aliphatic carbocycles. The molecule has 3 N–H and O–H groups in total. The lowest BCUT2D eigenvalue weighted by Gasteiger charge is -2.19. The minimum Gasteiger partial charge on any atom is -0.465 e. The Morgan fingerprint density at radius 3 is 2.72 bits per heavy atom. The Morgan fingerprint density at radius 1 is 1.22 bits per heavy atom. The fourth-order valence-electron chi connectivity index (χ4n) is 4.52. The molecule has 0 saturated carbocycles. The number of amides is 2. The molecule has 0 bridgehead atoms. The predicted molar refractivity (Wildman–Crippen MR) is 128 cm³/mol. The van der Waals surface area contributed by atoms with E-state index in [4.69, 9.17) is 9.88 Å². The molecule has 2 aromatic carbocycles. The van der Waals surface area contributed by atoms with Crippen molar-refractivity contribution >= 4 is 17.7 Å². The van der Waals surface area contributed by atoms with Crippen LogP contribution in [0, 0.1) is 5.82 Å². The summed E-state index contributed by atoms with van der Waals surface area (Å²) in [6.07, 6.45) is 1.93. The van der Waals surface area contributed by atoms with E-state index in [1.807, 2.05) is 24.3 Å². The number of benzene rings is 2. The normalized spacial score (nSPS) is 19.6. The maximum atomic E-state index is 15.0. The van der Waals surface area contributed by atoms with Gasteiger partial charge in [0.05, 0.1) is 30.2 Å². The number of hydrogen-bond acceptors (Lipinski definition) is 6. The molecule has 2 saturated heterocycles. The molecule has 11 heteroatoms. The third-order valence-electron chi connectivity index (χ3n) is 6.37. The lowest BCUT2D eigenvalue weighted by Crippen LogP contribution is -2.33. The number of H-pyrrole nitrogens is 1. The number of nitrogens with one attached hydrogen (secondary N) is 2. The molecule has 2 fully saturated rings. The van der Waals surface area contributed by atoms with E-state index in [2.05, 4.69) is 15.3 Å². The summed E-state index contributed by atoms with van der Waals surface area (Å²) >= 11 is 0. The van der Waals surface area contributed by atoms with Crippen LogP contribution >= 0.6 is 0 Å². The van der Waals surface area contributed by atoms with Gasteiger partial charge < -0.3 is 15.4 Å². The molecule has 2 aliphatic heterocycles. The first-order chi connectivity index (χ1) is 17.4. The highest BCUT2D eigenvalue weighted by Crippen LogP contribution is 2.33. The monoisotopic (exact) mass is 495 g/mol. The third-order valence-corrected chi connectivity index (χ3v) is 6.37. The van der Waals surface area contributed by atoms with Crippen LogP contribution < -0.4 is 10.4 Å². The molecule has 2 aliphatic rings. The van der Waals surface area contributed by atoms with Gasteiger partial charge >= 0.3 is 6.09 Å². The fourth-order valence-corrected chi connectivity index (χ4v) is 4.52. The van der Waals surface area contributed by atoms with Crippen LogP contribution in [0.1, 0.15) is 31.6 Å². The standard InChI is InChI=1S/C25H26FN5O5/c1-15(32)27-12-19-14-31(36-35-19)18-8-9-20(21(26)11-18)16-4-6-17(7-5-16)22-13-28-24(29-22)23-3-2-10-30(23)25(33)34/h4-9,11,13,19,23H,2-3,10,12,14H2,1H3,(H,27,32)(H,28,29)(H,33,34). The summed E-state index contributed by atoms with van der Waals surface area (Å²) < 4.78 is 15.0. The minimum absolute atomic E-state index is 0.162. The first-order valence-electron chi connectivity index (χ1n) is 11.7. The fraction of sp³-hybridized carbons (Fsp3) is 0.320. The SMILES string of the molecule is CC(=O)NCC1CN(c2ccc(-c3ccc(-c4cnc(C5CCCN5C(=O)O)[nH]4)cc3)c(F)c2)OO1. The van der Waals surface area contributed by atoms with Gasteiger partial charge in [0.15, 0.2) is 0 Å². The average Bonchev–Trinajstić information content (AvgIpc) is 3.63. The number of carbonyl (C=O) groups excluding carboxylic acids is 1. The Balaban J connectivity index is 1.27. The zero-order valence-electron chi connectivity index (χ0n) is 19.6. The molecular formula is C25H26FN5O5. The van der Waals surface area contributed by atoms with Gasteiger partial charge in [-0.05, 0) is 36.1 Å². The van der Waals surface area contributed by atoms with Gasteiger partial charge in [-0.1, -0.05) is 24.3 Å². The van der Waals surface area contributed by atoms with Crippen molar-refractivity contribution in [3.05, 3.63) is 60.3 Å². The maximum absolute atomic E-state index is 15.0. The number of hydrogen-bond donors (Lipinski definition) is 3. The number of carbonyl (C=O) groups is 2. The van der Waals surface area contributed by atoms with Gasteiger partial charge in [0, 0.05) is 31.6 Å². The molecule has 1 aromatic heterocycles. The Bertz CT molecular complexity index is 1260. The number of likely N-dealkylation sites (tertiary alicyclic amines) is 1. The average molecular weight is 496 g/mol. The molecule has 2 atom stereocenters. The van der Waals surface area contributed by atoms with Crippen LogP contribution in [-0.4, -0.2) is 57.7 Å². The topological polar surface area (TPSA) is 120 Å². The molecule has 188 valence electrons. The second-order valence-electron chi connectivity index (χ2n) is 8.85. The van der Waals surface area contributed by atoms with Gasteiger partial charge in [-0.25, -0.2) is 24.1 Å². The van der Waals surface area contributed by atoms with Crippen molar-refractivity contribution in [2.75, 3.05) is 24.7 Å². The summed E-state index contributed by atoms with van der Waals surface area (Å²) in [5.41, 5.74) is 3.28. The van der Waals surface area contributed by atoms with Crippen LogP contribution in [-0.2, 0) is 14.7 Å². The molecular weight excluding hydrogens is 469 g/mol. The van der Waals surface area contributed by atoms with Crippen LogP contribution in [0.3, 0.4) is 0 Å². The van der Waals surface area contributed by atoms with E-state index < -0.39 is 11.9 Å². The molecule has 2 amide bonds. The van der Waals surface area contributed by atoms with Crippen molar-refractivity contribution in [2.24, 2.45) is 0 Å². The summed E-state index contributed by atoms with van der Waals surface area (Å²) in [6.45, 7) is 2.58. The van der Waals surface area contributed by atoms with E-state index in [0.717, 1.165) is 24.1 Å². The Labute approximate surface area is 206 Å². The lowest BCUT2D eigenvalue weighted by molar-refractivity contribution is -0.281. The number of aromatic amines is 1. The Kier molecular flexibility index (Phi) is 6.57. The van der Waals surface area contributed by atoms with Gasteiger partial charge in [0.25, 0.3) is 0 Å². The van der Waals surface area contributed by atoms with Crippen LogP contribution in [0.25, 0.3) is 22.4 Å². The second-order valence-corrected chi connectivity index (χ2v) is 8.85. The largest absolute Gasteiger partial charge is 0.465 e. The predicted octanol–water partition coefficient (Wildman–Crippen LogP) is 3.89. The van der Waals surface area contributed by atoms with E-state index in [0.29, 0.717) is 42.3 Å². The van der Waals surface area contributed by atoms with Gasteiger partial charge in [-0.3, -0.25) is 9.69 Å². The number of halogens is 1. The van der Waals surface area contributed by atoms with Crippen LogP contribution in [0.15, 0.2) is 48.7 Å². The van der Waals surface area contributed by atoms with Gasteiger partial charge in [0.2, 0.25) is 5.91 Å². The van der Waals surface area contributed by atoms with Crippen molar-refractivity contribution in [1.29, 1.82) is 0 Å². The number of anilines is 1. The number of aromatic nitrogens is 2. The highest BCUT2D eigenvalue weighted by Gasteiger charge is 2.32. The summed E-state index contributed by atoms with van der Waals surface area (Å²) in [5.74, 6) is 0.0566. The molecule has 5 rings (SSSR count). The zero-order valence-corrected chi connectivity index (χ0v) is 19.6. The van der Waals surface area contributed by atoms with Crippen molar-refractivity contribution in [3.63, 3.8) is 0 Å². The van der Waals surface area contributed by atoms with Crippen LogP contribution in [0.5, 0.6) is 0 Å². The van der Waals surface area contributed by atoms with Crippen molar-refractivity contribution in [2.45, 2.75) is 31.9 Å². The number of carboxylic acid groups (broad SMARTS) is 1. The van der Waals surface area contributed by atoms with Crippen molar-refractivity contribution < 1.29 is 29.0 Å². The summed E-state index contributed by atoms with van der Waals surface area (Å²) in [5, 5.41) is 13.5. The van der Waals surface area contributed by atoms with E-state index in [-0.39, 0.29) is 18.1 Å². The van der Waals surface area contributed by atoms with Crippen molar-refractivity contribution in [1.82, 2.24) is 20.2 Å². The first kappa shape index (κ1) is 23.8. The number of hydroxylamine groups is 1. The molecule has 0 spiro atoms. The van der Waals surface area contributed by atoms with Gasteiger partial charge in [0.1, 0.15) is 17.7 Å². The second kappa shape index (κ2) is 9.96. The molecule has 3 heterocycles. The smallest absolute Gasteiger partial charge is 0.407 e. The quantitative estimate of drug-likeness (QED) is 0.444. The zero-order chi connectivity index (χ0) is 25.2. The van der Waals surface area contributed by atoms with Gasteiger partial charge in [-0.2, -0.15) is 0 Å². The molecule has 36 heavy (non-hydrogen) atoms. The molecule has 0 radical (unpaired) electrons. The van der Waals surface area contributed by atoms with Crippen molar-refractivity contribution in [3.8, 4) is 22.4 Å². The molecule has 2 unspecified atom stereocenters. The highest BCUT2D eigenvalue weighted by atomic mass is 19.1. The Hall–Kier alpha value is -3.96. The first-order valence-corrected chi connectivity index (χ1v) is 11.7. The van der Waals surface area contributed by atoms with Crippen LogP contribution in [0.4, 0.5) is 14.9 Å². The third kappa shape index (κ3) is 4.88. The molecule has 10 nitrogen and oxygen atoms in total. The number of rotatable bonds is 6. The minimum atomic E-state index is -0.943. The van der Waals surface area contributed by atoms with Crippen LogP contribution in [0.2, 0.25) is 0 Å². The summed E-state index contributed by atoms with van der Waals surface area (Å²) in [7, 11) is 0. The van der Waals surface area contributed by atoms with E-state index >= 15 is 0 Å². The summed E-state index contributed by atoms with van der Waals surface area (Å²) in [4.78, 5) is 41.9. The molecule has 3 aromatic rings.